The minimum Gasteiger partial charge on any atom is -0.497 e. The lowest BCUT2D eigenvalue weighted by atomic mass is 10.2. The number of hydrogen-bond donors (Lipinski definition) is 0. The first-order valence-corrected chi connectivity index (χ1v) is 8.13. The summed E-state index contributed by atoms with van der Waals surface area (Å²) in [5.41, 5.74) is 0.174. The molecule has 0 radical (unpaired) electrons. The van der Waals surface area contributed by atoms with E-state index >= 15 is 0 Å². The second kappa shape index (κ2) is 8.03. The van der Waals surface area contributed by atoms with E-state index in [0.717, 1.165) is 12.8 Å². The van der Waals surface area contributed by atoms with E-state index in [1.807, 2.05) is 0 Å². The molecule has 0 aliphatic heterocycles. The number of esters is 1. The van der Waals surface area contributed by atoms with Crippen LogP contribution in [0.3, 0.4) is 0 Å². The molecule has 1 aliphatic carbocycles. The second-order valence-corrected chi connectivity index (χ2v) is 5.86. The van der Waals surface area contributed by atoms with Gasteiger partial charge in [0.05, 0.1) is 19.3 Å². The molecule has 1 fully saturated rings. The van der Waals surface area contributed by atoms with Gasteiger partial charge in [0.1, 0.15) is 11.5 Å². The summed E-state index contributed by atoms with van der Waals surface area (Å²) in [5, 5.41) is 0. The van der Waals surface area contributed by atoms with E-state index in [0.29, 0.717) is 24.0 Å². The predicted octanol–water partition coefficient (Wildman–Crippen LogP) is 4.30. The van der Waals surface area contributed by atoms with Crippen molar-refractivity contribution < 1.29 is 32.5 Å². The van der Waals surface area contributed by atoms with Crippen LogP contribution in [-0.4, -0.2) is 26.3 Å². The van der Waals surface area contributed by atoms with Crippen LogP contribution in [-0.2, 0) is 0 Å². The van der Waals surface area contributed by atoms with Crippen LogP contribution in [0.15, 0.2) is 42.5 Å². The summed E-state index contributed by atoms with van der Waals surface area (Å²) in [7, 11) is 1.53. The summed E-state index contributed by atoms with van der Waals surface area (Å²) in [6, 6.07) is 10.5. The van der Waals surface area contributed by atoms with Crippen molar-refractivity contribution in [2.24, 2.45) is 5.92 Å². The van der Waals surface area contributed by atoms with E-state index in [4.69, 9.17) is 14.2 Å². The minimum atomic E-state index is -2.98. The third-order valence-electron chi connectivity index (χ3n) is 3.84. The van der Waals surface area contributed by atoms with Gasteiger partial charge in [0, 0.05) is 0 Å². The first kappa shape index (κ1) is 18.0. The van der Waals surface area contributed by atoms with Gasteiger partial charge in [0.2, 0.25) is 0 Å². The molecule has 0 bridgehead atoms. The second-order valence-electron chi connectivity index (χ2n) is 5.86. The summed E-state index contributed by atoms with van der Waals surface area (Å²) in [5.74, 6) is 0.751. The molecule has 7 heteroatoms. The van der Waals surface area contributed by atoms with Crippen LogP contribution in [0.2, 0.25) is 0 Å². The van der Waals surface area contributed by atoms with Gasteiger partial charge in [-0.25, -0.2) is 4.79 Å². The van der Waals surface area contributed by atoms with Crippen molar-refractivity contribution in [3.63, 3.8) is 0 Å². The molecular formula is C19H18F2O5. The molecule has 138 valence electrons. The first-order chi connectivity index (χ1) is 12.5. The summed E-state index contributed by atoms with van der Waals surface area (Å²) in [4.78, 5) is 12.3. The van der Waals surface area contributed by atoms with Gasteiger partial charge in [0.15, 0.2) is 11.5 Å². The van der Waals surface area contributed by atoms with Crippen LogP contribution in [0.1, 0.15) is 23.2 Å². The normalized spacial score (nSPS) is 13.4. The maximum atomic E-state index is 12.5. The Hall–Kier alpha value is -2.83. The molecule has 0 unspecified atom stereocenters. The van der Waals surface area contributed by atoms with E-state index in [1.54, 1.807) is 24.3 Å². The number of hydrogen-bond acceptors (Lipinski definition) is 5. The Morgan fingerprint density at radius 3 is 2.38 bits per heavy atom. The molecule has 0 atom stereocenters. The summed E-state index contributed by atoms with van der Waals surface area (Å²) in [6.45, 7) is -2.58. The molecule has 5 nitrogen and oxygen atoms in total. The summed E-state index contributed by atoms with van der Waals surface area (Å²) < 4.78 is 45.4. The zero-order valence-corrected chi connectivity index (χ0v) is 14.1. The van der Waals surface area contributed by atoms with E-state index in [9.17, 15) is 13.6 Å². The molecule has 0 amide bonds. The molecule has 0 spiro atoms. The molecule has 0 heterocycles. The Bertz CT molecular complexity index is 757. The van der Waals surface area contributed by atoms with Crippen LogP contribution in [0, 0.1) is 5.92 Å². The largest absolute Gasteiger partial charge is 0.497 e. The number of benzene rings is 2. The number of alkyl halides is 2. The number of ether oxygens (including phenoxy) is 4. The molecule has 1 saturated carbocycles. The van der Waals surface area contributed by atoms with Gasteiger partial charge in [-0.15, -0.1) is 0 Å². The maximum absolute atomic E-state index is 12.5. The number of carbonyl (C=O) groups excluding carboxylic acids is 1. The third kappa shape index (κ3) is 4.84. The van der Waals surface area contributed by atoms with Crippen molar-refractivity contribution >= 4 is 5.97 Å². The molecule has 3 rings (SSSR count). The summed E-state index contributed by atoms with van der Waals surface area (Å²) in [6.07, 6.45) is 2.09. The number of rotatable bonds is 8. The van der Waals surface area contributed by atoms with Gasteiger partial charge in [-0.1, -0.05) is 0 Å². The lowest BCUT2D eigenvalue weighted by Crippen LogP contribution is -2.11. The van der Waals surface area contributed by atoms with Gasteiger partial charge < -0.3 is 18.9 Å². The Labute approximate surface area is 149 Å². The van der Waals surface area contributed by atoms with E-state index in [1.165, 1.54) is 25.3 Å². The molecule has 2 aromatic rings. The van der Waals surface area contributed by atoms with Gasteiger partial charge in [-0.2, -0.15) is 8.78 Å². The van der Waals surface area contributed by atoms with Gasteiger partial charge >= 0.3 is 12.6 Å². The van der Waals surface area contributed by atoms with E-state index in [-0.39, 0.29) is 17.1 Å². The fourth-order valence-corrected chi connectivity index (χ4v) is 2.24. The maximum Gasteiger partial charge on any atom is 0.387 e. The van der Waals surface area contributed by atoms with Gasteiger partial charge in [-0.05, 0) is 61.2 Å². The fraction of sp³-hybridized carbons (Fsp3) is 0.316. The number of carbonyl (C=O) groups is 1. The predicted molar refractivity (Wildman–Crippen MR) is 89.2 cm³/mol. The first-order valence-electron chi connectivity index (χ1n) is 8.13. The highest BCUT2D eigenvalue weighted by molar-refractivity contribution is 5.91. The highest BCUT2D eigenvalue weighted by atomic mass is 19.3. The van der Waals surface area contributed by atoms with Crippen molar-refractivity contribution in [3.05, 3.63) is 48.0 Å². The Kier molecular flexibility index (Phi) is 5.55. The van der Waals surface area contributed by atoms with Crippen molar-refractivity contribution in [1.82, 2.24) is 0 Å². The minimum absolute atomic E-state index is 0.0985. The quantitative estimate of drug-likeness (QED) is 0.516. The van der Waals surface area contributed by atoms with Crippen LogP contribution < -0.4 is 18.9 Å². The van der Waals surface area contributed by atoms with Crippen LogP contribution >= 0.6 is 0 Å². The van der Waals surface area contributed by atoms with E-state index < -0.39 is 12.6 Å². The summed E-state index contributed by atoms with van der Waals surface area (Å²) >= 11 is 0. The standard InChI is InChI=1S/C19H18F2O5/c1-23-14-5-7-15(8-6-14)25-18(22)13-4-9-16(26-19(20)21)17(10-13)24-11-12-2-3-12/h4-10,12,19H,2-3,11H2,1H3. The van der Waals surface area contributed by atoms with Crippen molar-refractivity contribution in [2.75, 3.05) is 13.7 Å². The van der Waals surface area contributed by atoms with Gasteiger partial charge in [0.25, 0.3) is 0 Å². The smallest absolute Gasteiger partial charge is 0.387 e. The molecule has 0 saturated heterocycles. The van der Waals surface area contributed by atoms with Crippen molar-refractivity contribution in [3.8, 4) is 23.0 Å². The topological polar surface area (TPSA) is 54.0 Å². The molecule has 26 heavy (non-hydrogen) atoms. The Morgan fingerprint density at radius 1 is 1.08 bits per heavy atom. The zero-order valence-electron chi connectivity index (χ0n) is 14.1. The lowest BCUT2D eigenvalue weighted by Gasteiger charge is -2.13. The number of methoxy groups -OCH3 is 1. The van der Waals surface area contributed by atoms with Crippen LogP contribution in [0.25, 0.3) is 0 Å². The highest BCUT2D eigenvalue weighted by Gasteiger charge is 2.23. The third-order valence-corrected chi connectivity index (χ3v) is 3.84. The SMILES string of the molecule is COc1ccc(OC(=O)c2ccc(OC(F)F)c(OCC3CC3)c2)cc1. The number of halogens is 2. The highest BCUT2D eigenvalue weighted by Crippen LogP contribution is 2.34. The Balaban J connectivity index is 1.74. The molecular weight excluding hydrogens is 346 g/mol. The Morgan fingerprint density at radius 2 is 1.77 bits per heavy atom. The van der Waals surface area contributed by atoms with Crippen molar-refractivity contribution in [1.29, 1.82) is 0 Å². The fourth-order valence-electron chi connectivity index (χ4n) is 2.24. The van der Waals surface area contributed by atoms with Crippen LogP contribution in [0.5, 0.6) is 23.0 Å². The zero-order chi connectivity index (χ0) is 18.5. The van der Waals surface area contributed by atoms with E-state index in [2.05, 4.69) is 4.74 Å². The molecule has 0 aromatic heterocycles. The van der Waals surface area contributed by atoms with Gasteiger partial charge in [-0.3, -0.25) is 0 Å². The molecule has 1 aliphatic rings. The van der Waals surface area contributed by atoms with Crippen molar-refractivity contribution in [2.45, 2.75) is 19.5 Å². The molecule has 0 N–H and O–H groups in total. The lowest BCUT2D eigenvalue weighted by molar-refractivity contribution is -0.0515. The van der Waals surface area contributed by atoms with Crippen LogP contribution in [0.4, 0.5) is 8.78 Å². The average molecular weight is 364 g/mol. The molecule has 2 aromatic carbocycles. The monoisotopic (exact) mass is 364 g/mol. The average Bonchev–Trinajstić information content (AvgIpc) is 3.45.